The van der Waals surface area contributed by atoms with Gasteiger partial charge in [0.05, 0.1) is 23.7 Å². The summed E-state index contributed by atoms with van der Waals surface area (Å²) in [5.41, 5.74) is 2.94. The second-order valence-corrected chi connectivity index (χ2v) is 10.3. The second-order valence-electron chi connectivity index (χ2n) is 8.41. The summed E-state index contributed by atoms with van der Waals surface area (Å²) >= 11 is 0. The van der Waals surface area contributed by atoms with Gasteiger partial charge in [0.15, 0.2) is 12.5 Å². The Morgan fingerprint density at radius 1 is 1.03 bits per heavy atom. The van der Waals surface area contributed by atoms with Gasteiger partial charge < -0.3 is 19.3 Å². The first-order valence-corrected chi connectivity index (χ1v) is 12.3. The third kappa shape index (κ3) is 3.64. The summed E-state index contributed by atoms with van der Waals surface area (Å²) in [5, 5.41) is 0. The quantitative estimate of drug-likeness (QED) is 0.652. The number of carbonyl (C=O) groups excluding carboxylic acids is 1. The number of anilines is 2. The molecule has 3 aliphatic heterocycles. The maximum Gasteiger partial charge on any atom is 0.243 e. The second kappa shape index (κ2) is 8.38. The van der Waals surface area contributed by atoms with E-state index in [2.05, 4.69) is 4.90 Å². The summed E-state index contributed by atoms with van der Waals surface area (Å²) in [7, 11) is -1.66. The summed E-state index contributed by atoms with van der Waals surface area (Å²) in [4.78, 5) is 16.0. The summed E-state index contributed by atoms with van der Waals surface area (Å²) in [6, 6.07) is 13.0. The van der Waals surface area contributed by atoms with Gasteiger partial charge in [0.2, 0.25) is 10.0 Å². The Bertz CT molecular complexity index is 1110. The van der Waals surface area contributed by atoms with Crippen molar-refractivity contribution in [3.63, 3.8) is 0 Å². The molecule has 0 saturated carbocycles. The van der Waals surface area contributed by atoms with Crippen LogP contribution >= 0.6 is 0 Å². The summed E-state index contributed by atoms with van der Waals surface area (Å²) in [6.07, 6.45) is 1.41. The molecule has 0 aromatic heterocycles. The molecular weight excluding hydrogens is 430 g/mol. The van der Waals surface area contributed by atoms with Crippen molar-refractivity contribution in [3.05, 3.63) is 48.0 Å². The number of hydrogen-bond acceptors (Lipinski definition) is 7. The van der Waals surface area contributed by atoms with Gasteiger partial charge in [-0.1, -0.05) is 18.2 Å². The van der Waals surface area contributed by atoms with E-state index >= 15 is 0 Å². The zero-order chi connectivity index (χ0) is 22.3. The molecule has 8 nitrogen and oxygen atoms in total. The number of fused-ring (bicyclic) bond motifs is 2. The first-order valence-electron chi connectivity index (χ1n) is 10.9. The molecule has 1 atom stereocenters. The molecule has 170 valence electrons. The molecule has 9 heteroatoms. The molecule has 1 saturated heterocycles. The number of nitrogens with zero attached hydrogens (tertiary/aromatic N) is 3. The molecule has 0 amide bonds. The highest BCUT2D eigenvalue weighted by Crippen LogP contribution is 2.36. The van der Waals surface area contributed by atoms with E-state index in [0.717, 1.165) is 29.8 Å². The predicted octanol–water partition coefficient (Wildman–Crippen LogP) is 2.23. The molecule has 1 unspecified atom stereocenters. The molecule has 5 rings (SSSR count). The fraction of sp³-hybridized carbons (Fsp3) is 0.435. The van der Waals surface area contributed by atoms with Crippen molar-refractivity contribution >= 4 is 27.7 Å². The van der Waals surface area contributed by atoms with Crippen LogP contribution in [0.2, 0.25) is 0 Å². The van der Waals surface area contributed by atoms with E-state index in [1.54, 1.807) is 12.1 Å². The van der Waals surface area contributed by atoms with Crippen LogP contribution < -0.4 is 14.5 Å². The first kappa shape index (κ1) is 21.2. The summed E-state index contributed by atoms with van der Waals surface area (Å²) < 4.78 is 39.6. The predicted molar refractivity (Wildman–Crippen MR) is 121 cm³/mol. The molecule has 2 aromatic carbocycles. The Hall–Kier alpha value is -2.62. The lowest BCUT2D eigenvalue weighted by atomic mass is 10.0. The summed E-state index contributed by atoms with van der Waals surface area (Å²) in [6.45, 7) is 2.48. The lowest BCUT2D eigenvalue weighted by Gasteiger charge is -2.44. The van der Waals surface area contributed by atoms with Gasteiger partial charge in [0, 0.05) is 43.5 Å². The van der Waals surface area contributed by atoms with Crippen LogP contribution in [0.4, 0.5) is 11.4 Å². The monoisotopic (exact) mass is 457 g/mol. The Labute approximate surface area is 188 Å². The van der Waals surface area contributed by atoms with Crippen molar-refractivity contribution in [1.29, 1.82) is 0 Å². The Balaban J connectivity index is 1.34. The minimum absolute atomic E-state index is 0.0265. The fourth-order valence-electron chi connectivity index (χ4n) is 4.80. The topological polar surface area (TPSA) is 79.4 Å². The number of sulfonamides is 1. The van der Waals surface area contributed by atoms with Crippen molar-refractivity contribution in [2.24, 2.45) is 0 Å². The number of ether oxygens (including phenoxy) is 2. The standard InChI is InChI=1S/C23H27N3O5S/c1-24-12-13-30-22-14-19(6-7-21(22)24)32(28,29)25-10-8-18(9-11-25)26-20-5-3-2-4-17(20)16-31-23(26)15-27/h2-7,14-15,18,23H,8-13,16H2,1H3. The van der Waals surface area contributed by atoms with Gasteiger partial charge in [-0.05, 0) is 31.0 Å². The molecule has 0 spiro atoms. The van der Waals surface area contributed by atoms with E-state index in [-0.39, 0.29) is 10.9 Å². The molecular formula is C23H27N3O5S. The van der Waals surface area contributed by atoms with Gasteiger partial charge in [-0.2, -0.15) is 4.31 Å². The first-order chi connectivity index (χ1) is 15.5. The van der Waals surface area contributed by atoms with Crippen LogP contribution in [0.1, 0.15) is 18.4 Å². The smallest absolute Gasteiger partial charge is 0.243 e. The van der Waals surface area contributed by atoms with Crippen LogP contribution in [0.5, 0.6) is 5.75 Å². The molecule has 0 bridgehead atoms. The minimum atomic E-state index is -3.63. The highest BCUT2D eigenvalue weighted by atomic mass is 32.2. The number of benzene rings is 2. The lowest BCUT2D eigenvalue weighted by Crippen LogP contribution is -2.53. The molecule has 3 aliphatic rings. The van der Waals surface area contributed by atoms with Crippen molar-refractivity contribution in [2.45, 2.75) is 36.6 Å². The van der Waals surface area contributed by atoms with Crippen LogP contribution in [0.3, 0.4) is 0 Å². The lowest BCUT2D eigenvalue weighted by molar-refractivity contribution is -0.120. The molecule has 32 heavy (non-hydrogen) atoms. The van der Waals surface area contributed by atoms with E-state index in [9.17, 15) is 13.2 Å². The number of piperidine rings is 1. The zero-order valence-electron chi connectivity index (χ0n) is 18.0. The third-order valence-electron chi connectivity index (χ3n) is 6.55. The number of hydrogen-bond donors (Lipinski definition) is 0. The van der Waals surface area contributed by atoms with Gasteiger partial charge in [-0.15, -0.1) is 0 Å². The average molecular weight is 458 g/mol. The molecule has 3 heterocycles. The van der Waals surface area contributed by atoms with Gasteiger partial charge in [-0.25, -0.2) is 8.42 Å². The van der Waals surface area contributed by atoms with Crippen LogP contribution in [-0.4, -0.2) is 64.6 Å². The van der Waals surface area contributed by atoms with E-state index in [1.165, 1.54) is 4.31 Å². The normalized spacial score (nSPS) is 22.1. The minimum Gasteiger partial charge on any atom is -0.490 e. The number of rotatable bonds is 4. The SMILES string of the molecule is CN1CCOc2cc(S(=O)(=O)N3CCC(N4c5ccccc5COC4C=O)CC3)ccc21. The zero-order valence-corrected chi connectivity index (χ0v) is 18.8. The molecule has 0 radical (unpaired) electrons. The van der Waals surface area contributed by atoms with E-state index in [0.29, 0.717) is 44.9 Å². The van der Waals surface area contributed by atoms with Crippen molar-refractivity contribution in [3.8, 4) is 5.75 Å². The van der Waals surface area contributed by atoms with E-state index < -0.39 is 16.3 Å². The highest BCUT2D eigenvalue weighted by molar-refractivity contribution is 7.89. The molecule has 1 fully saturated rings. The fourth-order valence-corrected chi connectivity index (χ4v) is 6.28. The van der Waals surface area contributed by atoms with Crippen LogP contribution in [0, 0.1) is 0 Å². The van der Waals surface area contributed by atoms with Crippen molar-refractivity contribution in [1.82, 2.24) is 4.31 Å². The van der Waals surface area contributed by atoms with Gasteiger partial charge in [0.25, 0.3) is 0 Å². The highest BCUT2D eigenvalue weighted by Gasteiger charge is 2.37. The molecule has 2 aromatic rings. The van der Waals surface area contributed by atoms with Crippen LogP contribution in [-0.2, 0) is 26.2 Å². The van der Waals surface area contributed by atoms with Crippen molar-refractivity contribution in [2.75, 3.05) is 43.1 Å². The summed E-state index contributed by atoms with van der Waals surface area (Å²) in [5.74, 6) is 0.602. The van der Waals surface area contributed by atoms with Crippen LogP contribution in [0.15, 0.2) is 47.4 Å². The number of aldehydes is 1. The maximum absolute atomic E-state index is 13.3. The number of para-hydroxylation sites is 1. The van der Waals surface area contributed by atoms with Gasteiger partial charge in [-0.3, -0.25) is 4.79 Å². The number of carbonyl (C=O) groups is 1. The number of likely N-dealkylation sites (N-methyl/N-ethyl adjacent to an activating group) is 1. The molecule has 0 aliphatic carbocycles. The van der Waals surface area contributed by atoms with Gasteiger partial charge >= 0.3 is 0 Å². The average Bonchev–Trinajstić information content (AvgIpc) is 2.83. The largest absolute Gasteiger partial charge is 0.490 e. The van der Waals surface area contributed by atoms with E-state index in [1.807, 2.05) is 42.3 Å². The Morgan fingerprint density at radius 2 is 1.81 bits per heavy atom. The Kier molecular flexibility index (Phi) is 5.56. The van der Waals surface area contributed by atoms with Gasteiger partial charge in [0.1, 0.15) is 12.4 Å². The van der Waals surface area contributed by atoms with Crippen LogP contribution in [0.25, 0.3) is 0 Å². The molecule has 0 N–H and O–H groups in total. The van der Waals surface area contributed by atoms with E-state index in [4.69, 9.17) is 9.47 Å². The Morgan fingerprint density at radius 3 is 2.59 bits per heavy atom. The third-order valence-corrected chi connectivity index (χ3v) is 8.45. The maximum atomic E-state index is 13.3. The van der Waals surface area contributed by atoms with Crippen molar-refractivity contribution < 1.29 is 22.7 Å².